The van der Waals surface area contributed by atoms with Gasteiger partial charge in [-0.3, -0.25) is 14.9 Å². The van der Waals surface area contributed by atoms with E-state index in [4.69, 9.17) is 16.7 Å². The second-order valence-corrected chi connectivity index (χ2v) is 4.29. The molecule has 0 aliphatic rings. The summed E-state index contributed by atoms with van der Waals surface area (Å²) < 4.78 is 0. The fourth-order valence-corrected chi connectivity index (χ4v) is 1.66. The summed E-state index contributed by atoms with van der Waals surface area (Å²) in [4.78, 5) is 34.8. The maximum Gasteiger partial charge on any atom is 0.323 e. The highest BCUT2D eigenvalue weighted by molar-refractivity contribution is 6.30. The normalized spacial score (nSPS) is 9.70. The molecule has 0 unspecified atom stereocenters. The van der Waals surface area contributed by atoms with Crippen molar-refractivity contribution < 1.29 is 19.5 Å². The van der Waals surface area contributed by atoms with Crippen molar-refractivity contribution >= 4 is 35.2 Å². The molecule has 0 spiro atoms. The zero-order chi connectivity index (χ0) is 15.1. The Balaban J connectivity index is 2.82. The number of amides is 3. The molecule has 3 N–H and O–H groups in total. The van der Waals surface area contributed by atoms with Gasteiger partial charge in [0.25, 0.3) is 0 Å². The number of benzene rings is 1. The van der Waals surface area contributed by atoms with Crippen LogP contribution in [0.1, 0.15) is 0 Å². The number of aliphatic carboxylic acids is 1. The average molecular weight is 300 g/mol. The van der Waals surface area contributed by atoms with Gasteiger partial charge in [0, 0.05) is 17.8 Å². The van der Waals surface area contributed by atoms with Crippen LogP contribution in [0.5, 0.6) is 0 Å². The lowest BCUT2D eigenvalue weighted by atomic mass is 10.2. The van der Waals surface area contributed by atoms with Crippen molar-refractivity contribution in [1.29, 1.82) is 0 Å². The van der Waals surface area contributed by atoms with Crippen LogP contribution in [0.25, 0.3) is 0 Å². The molecule has 0 saturated heterocycles. The Hall–Kier alpha value is -2.28. The van der Waals surface area contributed by atoms with Crippen LogP contribution in [-0.2, 0) is 9.59 Å². The monoisotopic (exact) mass is 299 g/mol. The number of carbonyl (C=O) groups excluding carboxylic acids is 2. The predicted molar refractivity (Wildman–Crippen MR) is 73.9 cm³/mol. The van der Waals surface area contributed by atoms with Gasteiger partial charge in [0.2, 0.25) is 5.91 Å². The highest BCUT2D eigenvalue weighted by atomic mass is 35.5. The zero-order valence-electron chi connectivity index (χ0n) is 10.7. The summed E-state index contributed by atoms with van der Waals surface area (Å²) in [6.07, 6.45) is 0. The minimum absolute atomic E-state index is 0.278. The molecule has 0 heterocycles. The van der Waals surface area contributed by atoms with E-state index in [0.29, 0.717) is 10.7 Å². The van der Waals surface area contributed by atoms with Crippen molar-refractivity contribution in [3.8, 4) is 0 Å². The lowest BCUT2D eigenvalue weighted by Gasteiger charge is -2.22. The number of nitrogens with one attached hydrogen (secondary N) is 2. The fraction of sp³-hybridized carbons (Fsp3) is 0.250. The first kappa shape index (κ1) is 15.8. The van der Waals surface area contributed by atoms with Crippen molar-refractivity contribution in [2.75, 3.05) is 25.0 Å². The second-order valence-electron chi connectivity index (χ2n) is 3.86. The number of urea groups is 1. The number of carboxylic acid groups (broad SMARTS) is 1. The molecule has 0 aromatic heterocycles. The highest BCUT2D eigenvalue weighted by Crippen LogP contribution is 2.19. The van der Waals surface area contributed by atoms with Crippen molar-refractivity contribution in [2.24, 2.45) is 0 Å². The molecular formula is C12H14ClN3O4. The topological polar surface area (TPSA) is 98.7 Å². The van der Waals surface area contributed by atoms with Crippen LogP contribution in [-0.4, -0.2) is 43.2 Å². The number of hydrogen-bond donors (Lipinski definition) is 3. The van der Waals surface area contributed by atoms with Crippen LogP contribution >= 0.6 is 11.6 Å². The molecule has 0 aliphatic carbocycles. The molecule has 0 saturated carbocycles. The van der Waals surface area contributed by atoms with E-state index < -0.39 is 17.9 Å². The van der Waals surface area contributed by atoms with Crippen molar-refractivity contribution in [2.45, 2.75) is 0 Å². The third-order valence-electron chi connectivity index (χ3n) is 2.31. The molecule has 0 atom stereocenters. The van der Waals surface area contributed by atoms with E-state index in [9.17, 15) is 14.4 Å². The highest BCUT2D eigenvalue weighted by Gasteiger charge is 2.16. The van der Waals surface area contributed by atoms with E-state index in [1.165, 1.54) is 18.0 Å². The van der Waals surface area contributed by atoms with Gasteiger partial charge in [-0.25, -0.2) is 4.79 Å². The summed E-state index contributed by atoms with van der Waals surface area (Å²) in [7, 11) is 1.37. The molecule has 0 fully saturated rings. The van der Waals surface area contributed by atoms with Crippen molar-refractivity contribution in [1.82, 2.24) is 10.6 Å². The van der Waals surface area contributed by atoms with Crippen molar-refractivity contribution in [3.05, 3.63) is 29.3 Å². The van der Waals surface area contributed by atoms with E-state index in [-0.39, 0.29) is 13.1 Å². The lowest BCUT2D eigenvalue weighted by Crippen LogP contribution is -2.44. The minimum Gasteiger partial charge on any atom is -0.480 e. The zero-order valence-corrected chi connectivity index (χ0v) is 11.5. The Morgan fingerprint density at radius 3 is 2.55 bits per heavy atom. The molecule has 8 heteroatoms. The summed E-state index contributed by atoms with van der Waals surface area (Å²) in [6, 6.07) is 5.79. The van der Waals surface area contributed by atoms with Gasteiger partial charge >= 0.3 is 12.0 Å². The number of carboxylic acids is 1. The van der Waals surface area contributed by atoms with E-state index in [1.807, 2.05) is 0 Å². The maximum absolute atomic E-state index is 11.6. The molecular weight excluding hydrogens is 286 g/mol. The molecule has 0 aliphatic heterocycles. The number of anilines is 1. The number of imide groups is 1. The molecule has 3 amide bonds. The van der Waals surface area contributed by atoms with Gasteiger partial charge < -0.3 is 15.3 Å². The first-order chi connectivity index (χ1) is 9.42. The van der Waals surface area contributed by atoms with Gasteiger partial charge in [0.15, 0.2) is 0 Å². The lowest BCUT2D eigenvalue weighted by molar-refractivity contribution is -0.135. The van der Waals surface area contributed by atoms with Gasteiger partial charge in [-0.2, -0.15) is 0 Å². The van der Waals surface area contributed by atoms with Gasteiger partial charge in [0.1, 0.15) is 6.54 Å². The number of halogens is 1. The maximum atomic E-state index is 11.6. The molecule has 0 radical (unpaired) electrons. The predicted octanol–water partition coefficient (Wildman–Crippen LogP) is 0.687. The van der Waals surface area contributed by atoms with E-state index >= 15 is 0 Å². The van der Waals surface area contributed by atoms with Crippen LogP contribution < -0.4 is 15.5 Å². The standard InChI is InChI=1S/C12H14ClN3O4/c1-14-12(20)15-10(17)6-16(7-11(18)19)9-4-2-3-8(13)5-9/h2-5H,6-7H2,1H3,(H,18,19)(H2,14,15,17,20). The van der Waals surface area contributed by atoms with Gasteiger partial charge in [-0.15, -0.1) is 0 Å². The third-order valence-corrected chi connectivity index (χ3v) is 2.55. The smallest absolute Gasteiger partial charge is 0.323 e. The van der Waals surface area contributed by atoms with Crippen LogP contribution in [0.15, 0.2) is 24.3 Å². The van der Waals surface area contributed by atoms with Gasteiger partial charge in [-0.1, -0.05) is 17.7 Å². The molecule has 1 rings (SSSR count). The van der Waals surface area contributed by atoms with Crippen LogP contribution in [0.3, 0.4) is 0 Å². The van der Waals surface area contributed by atoms with Gasteiger partial charge in [0.05, 0.1) is 6.54 Å². The Morgan fingerprint density at radius 2 is 2.00 bits per heavy atom. The SMILES string of the molecule is CNC(=O)NC(=O)CN(CC(=O)O)c1cccc(Cl)c1. The van der Waals surface area contributed by atoms with Crippen molar-refractivity contribution in [3.63, 3.8) is 0 Å². The quantitative estimate of drug-likeness (QED) is 0.743. The molecule has 20 heavy (non-hydrogen) atoms. The summed E-state index contributed by atoms with van der Waals surface area (Å²) in [6.45, 7) is -0.665. The molecule has 1 aromatic carbocycles. The van der Waals surface area contributed by atoms with E-state index in [1.54, 1.807) is 18.2 Å². The van der Waals surface area contributed by atoms with E-state index in [0.717, 1.165) is 0 Å². The fourth-order valence-electron chi connectivity index (χ4n) is 1.48. The molecule has 7 nitrogen and oxygen atoms in total. The van der Waals surface area contributed by atoms with Gasteiger partial charge in [-0.05, 0) is 18.2 Å². The number of hydrogen-bond acceptors (Lipinski definition) is 4. The molecule has 0 bridgehead atoms. The Bertz CT molecular complexity index is 521. The Kier molecular flexibility index (Phi) is 5.79. The summed E-state index contributed by atoms with van der Waals surface area (Å²) >= 11 is 5.83. The largest absolute Gasteiger partial charge is 0.480 e. The summed E-state index contributed by atoms with van der Waals surface area (Å²) in [5, 5.41) is 13.6. The van der Waals surface area contributed by atoms with Crippen LogP contribution in [0.2, 0.25) is 5.02 Å². The first-order valence-electron chi connectivity index (χ1n) is 5.66. The Labute approximate surface area is 120 Å². The van der Waals surface area contributed by atoms with E-state index in [2.05, 4.69) is 10.6 Å². The minimum atomic E-state index is -1.10. The summed E-state index contributed by atoms with van der Waals surface area (Å²) in [5.41, 5.74) is 0.479. The second kappa shape index (κ2) is 7.34. The molecule has 1 aromatic rings. The van der Waals surface area contributed by atoms with Crippen LogP contribution in [0, 0.1) is 0 Å². The average Bonchev–Trinajstić information content (AvgIpc) is 2.37. The number of rotatable bonds is 5. The summed E-state index contributed by atoms with van der Waals surface area (Å²) in [5.74, 6) is -1.72. The third kappa shape index (κ3) is 5.15. The Morgan fingerprint density at radius 1 is 1.30 bits per heavy atom. The first-order valence-corrected chi connectivity index (χ1v) is 6.04. The number of nitrogens with zero attached hydrogens (tertiary/aromatic N) is 1. The molecule has 108 valence electrons. The number of carbonyl (C=O) groups is 3. The van der Waals surface area contributed by atoms with Crippen LogP contribution in [0.4, 0.5) is 10.5 Å².